The summed E-state index contributed by atoms with van der Waals surface area (Å²) in [5.41, 5.74) is 2.51. The lowest BCUT2D eigenvalue weighted by Crippen LogP contribution is -2.13. The molecule has 1 N–H and O–H groups in total. The molecule has 3 rings (SSSR count). The molecule has 2 aromatic carbocycles. The van der Waals surface area contributed by atoms with Crippen LogP contribution in [0.15, 0.2) is 48.0 Å². The van der Waals surface area contributed by atoms with E-state index in [1.54, 1.807) is 30.3 Å². The monoisotopic (exact) mass is 338 g/mol. The fourth-order valence-corrected chi connectivity index (χ4v) is 2.70. The summed E-state index contributed by atoms with van der Waals surface area (Å²) in [4.78, 5) is 12.3. The molecular weight excluding hydrogens is 324 g/mol. The SMILES string of the molecule is CC1Cc2cc(/C=C(/C#N)C(=O)Nc3ccc(Cl)cc3)ccc2O1. The fraction of sp³-hybridized carbons (Fsp3) is 0.158. The van der Waals surface area contributed by atoms with Gasteiger partial charge < -0.3 is 10.1 Å². The van der Waals surface area contributed by atoms with Crippen molar-refractivity contribution in [3.63, 3.8) is 0 Å². The third-order valence-corrected chi connectivity index (χ3v) is 3.95. The summed E-state index contributed by atoms with van der Waals surface area (Å²) in [7, 11) is 0. The minimum Gasteiger partial charge on any atom is -0.490 e. The van der Waals surface area contributed by atoms with Crippen molar-refractivity contribution in [2.24, 2.45) is 0 Å². The van der Waals surface area contributed by atoms with Gasteiger partial charge in [-0.2, -0.15) is 5.26 Å². The Kier molecular flexibility index (Phi) is 4.54. The van der Waals surface area contributed by atoms with Crippen molar-refractivity contribution in [1.29, 1.82) is 5.26 Å². The van der Waals surface area contributed by atoms with Crippen molar-refractivity contribution in [2.75, 3.05) is 5.32 Å². The summed E-state index contributed by atoms with van der Waals surface area (Å²) in [6.07, 6.45) is 2.56. The van der Waals surface area contributed by atoms with Crippen LogP contribution in [-0.2, 0) is 11.2 Å². The molecule has 1 unspecified atom stereocenters. The number of nitriles is 1. The highest BCUT2D eigenvalue weighted by Crippen LogP contribution is 2.30. The predicted molar refractivity (Wildman–Crippen MR) is 93.9 cm³/mol. The van der Waals surface area contributed by atoms with Gasteiger partial charge in [0.1, 0.15) is 23.5 Å². The van der Waals surface area contributed by atoms with Crippen molar-refractivity contribution in [1.82, 2.24) is 0 Å². The van der Waals surface area contributed by atoms with Crippen LogP contribution in [-0.4, -0.2) is 12.0 Å². The molecule has 5 heteroatoms. The highest BCUT2D eigenvalue weighted by atomic mass is 35.5. The maximum atomic E-state index is 12.3. The number of hydrogen-bond donors (Lipinski definition) is 1. The Morgan fingerprint density at radius 1 is 1.33 bits per heavy atom. The third-order valence-electron chi connectivity index (χ3n) is 3.70. The second kappa shape index (κ2) is 6.77. The third kappa shape index (κ3) is 3.58. The van der Waals surface area contributed by atoms with Crippen LogP contribution in [0.25, 0.3) is 6.08 Å². The van der Waals surface area contributed by atoms with Gasteiger partial charge in [0.25, 0.3) is 5.91 Å². The molecule has 0 saturated heterocycles. The number of halogens is 1. The average Bonchev–Trinajstić information content (AvgIpc) is 2.94. The van der Waals surface area contributed by atoms with Gasteiger partial charge >= 0.3 is 0 Å². The number of rotatable bonds is 3. The van der Waals surface area contributed by atoms with Crippen LogP contribution in [0.5, 0.6) is 5.75 Å². The summed E-state index contributed by atoms with van der Waals surface area (Å²) in [6.45, 7) is 2.01. The lowest BCUT2D eigenvalue weighted by molar-refractivity contribution is -0.112. The zero-order valence-electron chi connectivity index (χ0n) is 13.0. The van der Waals surface area contributed by atoms with Crippen LogP contribution in [0.2, 0.25) is 5.02 Å². The fourth-order valence-electron chi connectivity index (χ4n) is 2.58. The van der Waals surface area contributed by atoms with Crippen LogP contribution in [0.3, 0.4) is 0 Å². The molecule has 0 saturated carbocycles. The molecular formula is C19H15ClN2O2. The number of amides is 1. The van der Waals surface area contributed by atoms with Crippen LogP contribution in [0, 0.1) is 11.3 Å². The maximum absolute atomic E-state index is 12.3. The van der Waals surface area contributed by atoms with Crippen molar-refractivity contribution in [3.8, 4) is 11.8 Å². The van der Waals surface area contributed by atoms with Crippen molar-refractivity contribution < 1.29 is 9.53 Å². The standard InChI is InChI=1S/C19H15ClN2O2/c1-12-8-14-9-13(2-7-18(14)24-12)10-15(11-21)19(23)22-17-5-3-16(20)4-6-17/h2-7,9-10,12H,8H2,1H3,(H,22,23)/b15-10-. The Morgan fingerprint density at radius 3 is 2.79 bits per heavy atom. The van der Waals surface area contributed by atoms with Gasteiger partial charge in [0.15, 0.2) is 0 Å². The Hall–Kier alpha value is -2.77. The van der Waals surface area contributed by atoms with Gasteiger partial charge in [0.2, 0.25) is 0 Å². The van der Waals surface area contributed by atoms with Crippen LogP contribution < -0.4 is 10.1 Å². The molecule has 1 heterocycles. The zero-order chi connectivity index (χ0) is 17.1. The second-order valence-electron chi connectivity index (χ2n) is 5.63. The van der Waals surface area contributed by atoms with Gasteiger partial charge in [-0.25, -0.2) is 0 Å². The molecule has 1 atom stereocenters. The zero-order valence-corrected chi connectivity index (χ0v) is 13.8. The lowest BCUT2D eigenvalue weighted by atomic mass is 10.0. The number of anilines is 1. The summed E-state index contributed by atoms with van der Waals surface area (Å²) in [5, 5.41) is 12.6. The Bertz CT molecular complexity index is 851. The highest BCUT2D eigenvalue weighted by Gasteiger charge is 2.19. The van der Waals surface area contributed by atoms with Crippen LogP contribution in [0.1, 0.15) is 18.1 Å². The molecule has 1 amide bonds. The molecule has 0 radical (unpaired) electrons. The molecule has 24 heavy (non-hydrogen) atoms. The van der Waals surface area contributed by atoms with E-state index in [2.05, 4.69) is 5.32 Å². The van der Waals surface area contributed by atoms with E-state index < -0.39 is 5.91 Å². The van der Waals surface area contributed by atoms with E-state index in [-0.39, 0.29) is 11.7 Å². The molecule has 1 aliphatic rings. The largest absolute Gasteiger partial charge is 0.490 e. The second-order valence-corrected chi connectivity index (χ2v) is 6.07. The van der Waals surface area contributed by atoms with E-state index in [0.717, 1.165) is 23.3 Å². The molecule has 2 aromatic rings. The molecule has 0 aliphatic carbocycles. The minimum atomic E-state index is -0.454. The number of fused-ring (bicyclic) bond motifs is 1. The summed E-state index contributed by atoms with van der Waals surface area (Å²) >= 11 is 5.82. The first-order valence-corrected chi connectivity index (χ1v) is 7.91. The van der Waals surface area contributed by atoms with E-state index in [9.17, 15) is 10.1 Å². The number of nitrogens with zero attached hydrogens (tertiary/aromatic N) is 1. The van der Waals surface area contributed by atoms with E-state index in [0.29, 0.717) is 10.7 Å². The van der Waals surface area contributed by atoms with Gasteiger partial charge in [0, 0.05) is 17.1 Å². The minimum absolute atomic E-state index is 0.0388. The number of benzene rings is 2. The van der Waals surface area contributed by atoms with Gasteiger partial charge in [-0.3, -0.25) is 4.79 Å². The van der Waals surface area contributed by atoms with Crippen LogP contribution in [0.4, 0.5) is 5.69 Å². The number of carbonyl (C=O) groups excluding carboxylic acids is 1. The first-order valence-electron chi connectivity index (χ1n) is 7.53. The van der Waals surface area contributed by atoms with Gasteiger partial charge in [-0.05, 0) is 60.5 Å². The lowest BCUT2D eigenvalue weighted by Gasteiger charge is -2.05. The molecule has 4 nitrogen and oxygen atoms in total. The van der Waals surface area contributed by atoms with Crippen molar-refractivity contribution in [3.05, 3.63) is 64.2 Å². The first-order chi connectivity index (χ1) is 11.5. The smallest absolute Gasteiger partial charge is 0.266 e. The van der Waals surface area contributed by atoms with Gasteiger partial charge in [-0.1, -0.05) is 17.7 Å². The molecule has 0 bridgehead atoms. The number of ether oxygens (including phenoxy) is 1. The van der Waals surface area contributed by atoms with Gasteiger partial charge in [0.05, 0.1) is 0 Å². The Balaban J connectivity index is 1.79. The number of hydrogen-bond acceptors (Lipinski definition) is 3. The van der Waals surface area contributed by atoms with E-state index in [1.165, 1.54) is 0 Å². The molecule has 0 fully saturated rings. The topological polar surface area (TPSA) is 62.1 Å². The Labute approximate surface area is 145 Å². The summed E-state index contributed by atoms with van der Waals surface area (Å²) in [5.74, 6) is 0.411. The quantitative estimate of drug-likeness (QED) is 0.673. The summed E-state index contributed by atoms with van der Waals surface area (Å²) < 4.78 is 5.65. The Morgan fingerprint density at radius 2 is 2.08 bits per heavy atom. The molecule has 1 aliphatic heterocycles. The predicted octanol–water partition coefficient (Wildman–Crippen LogP) is 4.21. The van der Waals surface area contributed by atoms with Crippen molar-refractivity contribution >= 4 is 29.3 Å². The van der Waals surface area contributed by atoms with Crippen LogP contribution >= 0.6 is 11.6 Å². The van der Waals surface area contributed by atoms with E-state index in [1.807, 2.05) is 31.2 Å². The van der Waals surface area contributed by atoms with E-state index >= 15 is 0 Å². The molecule has 0 aromatic heterocycles. The number of carbonyl (C=O) groups is 1. The summed E-state index contributed by atoms with van der Waals surface area (Å²) in [6, 6.07) is 14.3. The van der Waals surface area contributed by atoms with Crippen molar-refractivity contribution in [2.45, 2.75) is 19.4 Å². The first kappa shape index (κ1) is 16.1. The van der Waals surface area contributed by atoms with Gasteiger partial charge in [-0.15, -0.1) is 0 Å². The van der Waals surface area contributed by atoms with E-state index in [4.69, 9.17) is 16.3 Å². The highest BCUT2D eigenvalue weighted by molar-refractivity contribution is 6.30. The average molecular weight is 339 g/mol. The number of nitrogens with one attached hydrogen (secondary N) is 1. The normalized spacial score (nSPS) is 16.0. The molecule has 0 spiro atoms. The molecule has 120 valence electrons. The maximum Gasteiger partial charge on any atom is 0.266 e.